The highest BCUT2D eigenvalue weighted by Gasteiger charge is 2.16. The van der Waals surface area contributed by atoms with Gasteiger partial charge in [-0.1, -0.05) is 57.5 Å². The minimum Gasteiger partial charge on any atom is -0.282 e. The summed E-state index contributed by atoms with van der Waals surface area (Å²) in [6, 6.07) is 15.0. The molecule has 25 heavy (non-hydrogen) atoms. The minimum absolute atomic E-state index is 0.154. The second kappa shape index (κ2) is 7.61. The number of rotatable bonds is 4. The molecule has 2 aromatic carbocycles. The van der Waals surface area contributed by atoms with Crippen molar-refractivity contribution in [2.45, 2.75) is 23.9 Å². The summed E-state index contributed by atoms with van der Waals surface area (Å²) >= 11 is 10.9. The Hall–Kier alpha value is -1.81. The Labute approximate surface area is 162 Å². The third kappa shape index (κ3) is 3.90. The van der Waals surface area contributed by atoms with E-state index in [2.05, 4.69) is 27.0 Å². The molecule has 7 heteroatoms. The number of hydrogen-bond acceptors (Lipinski definition) is 4. The van der Waals surface area contributed by atoms with Crippen molar-refractivity contribution in [1.82, 2.24) is 9.55 Å². The van der Waals surface area contributed by atoms with Gasteiger partial charge in [0.15, 0.2) is 5.16 Å². The van der Waals surface area contributed by atoms with E-state index < -0.39 is 0 Å². The van der Waals surface area contributed by atoms with E-state index in [1.54, 1.807) is 29.7 Å². The molecule has 1 heterocycles. The summed E-state index contributed by atoms with van der Waals surface area (Å²) in [4.78, 5) is 17.7. The van der Waals surface area contributed by atoms with Crippen LogP contribution in [-0.4, -0.2) is 14.8 Å². The molecule has 1 aromatic heterocycles. The van der Waals surface area contributed by atoms with E-state index in [1.165, 1.54) is 11.8 Å². The zero-order valence-electron chi connectivity index (χ0n) is 13.2. The van der Waals surface area contributed by atoms with Gasteiger partial charge in [-0.15, -0.1) is 0 Å². The number of fused-ring (bicyclic) bond motifs is 1. The highest BCUT2D eigenvalue weighted by molar-refractivity contribution is 9.10. The lowest BCUT2D eigenvalue weighted by atomic mass is 10.2. The van der Waals surface area contributed by atoms with Gasteiger partial charge < -0.3 is 0 Å². The van der Waals surface area contributed by atoms with Crippen molar-refractivity contribution in [2.24, 2.45) is 0 Å². The quantitative estimate of drug-likeness (QED) is 0.434. The molecular weight excluding hydrogens is 422 g/mol. The first-order valence-corrected chi connectivity index (χ1v) is 9.54. The molecule has 0 aliphatic heterocycles. The molecule has 0 spiro atoms. The normalized spacial score (nSPS) is 12.1. The van der Waals surface area contributed by atoms with Gasteiger partial charge in [-0.2, -0.15) is 5.26 Å². The lowest BCUT2D eigenvalue weighted by Crippen LogP contribution is -2.24. The molecule has 0 aliphatic rings. The molecule has 3 aromatic rings. The molecule has 4 nitrogen and oxygen atoms in total. The average Bonchev–Trinajstić information content (AvgIpc) is 2.60. The number of nitrogens with zero attached hydrogens (tertiary/aromatic N) is 3. The van der Waals surface area contributed by atoms with Crippen LogP contribution in [-0.2, 0) is 6.54 Å². The number of aromatic nitrogens is 2. The van der Waals surface area contributed by atoms with E-state index in [1.807, 2.05) is 24.3 Å². The van der Waals surface area contributed by atoms with Crippen LogP contribution < -0.4 is 5.56 Å². The third-order valence-corrected chi connectivity index (χ3v) is 5.47. The van der Waals surface area contributed by atoms with E-state index in [0.717, 1.165) is 10.0 Å². The van der Waals surface area contributed by atoms with E-state index in [4.69, 9.17) is 16.9 Å². The average molecular weight is 435 g/mol. The van der Waals surface area contributed by atoms with Crippen LogP contribution in [0.1, 0.15) is 12.5 Å². The largest absolute Gasteiger partial charge is 0.282 e. The summed E-state index contributed by atoms with van der Waals surface area (Å²) in [6.45, 7) is 2.08. The van der Waals surface area contributed by atoms with Gasteiger partial charge in [0.2, 0.25) is 0 Å². The molecule has 0 bridgehead atoms. The summed E-state index contributed by atoms with van der Waals surface area (Å²) in [7, 11) is 0. The zero-order valence-corrected chi connectivity index (χ0v) is 16.4. The fraction of sp³-hybridized carbons (Fsp3) is 0.167. The van der Waals surface area contributed by atoms with Gasteiger partial charge >= 0.3 is 0 Å². The van der Waals surface area contributed by atoms with Gasteiger partial charge in [0.1, 0.15) is 0 Å². The van der Waals surface area contributed by atoms with Crippen molar-refractivity contribution in [3.63, 3.8) is 0 Å². The number of benzene rings is 2. The SMILES string of the molecule is CC(C#N)Sc1nc2ccc(Br)cc2c(=O)n1Cc1ccccc1Cl. The van der Waals surface area contributed by atoms with E-state index >= 15 is 0 Å². The summed E-state index contributed by atoms with van der Waals surface area (Å²) in [6.07, 6.45) is 0. The van der Waals surface area contributed by atoms with Gasteiger partial charge in [0.05, 0.1) is 28.8 Å². The smallest absolute Gasteiger partial charge is 0.262 e. The third-order valence-electron chi connectivity index (χ3n) is 3.63. The number of nitriles is 1. The van der Waals surface area contributed by atoms with Crippen LogP contribution in [0.5, 0.6) is 0 Å². The number of halogens is 2. The standard InChI is InChI=1S/C18H13BrClN3OS/c1-11(9-21)25-18-22-16-7-6-13(19)8-14(16)17(24)23(18)10-12-4-2-3-5-15(12)20/h2-8,11H,10H2,1H3. The lowest BCUT2D eigenvalue weighted by molar-refractivity contribution is 0.657. The molecule has 0 radical (unpaired) electrons. The van der Waals surface area contributed by atoms with Crippen LogP contribution in [0.15, 0.2) is 56.9 Å². The van der Waals surface area contributed by atoms with Crippen molar-refractivity contribution < 1.29 is 0 Å². The van der Waals surface area contributed by atoms with Crippen molar-refractivity contribution in [3.8, 4) is 6.07 Å². The fourth-order valence-electron chi connectivity index (χ4n) is 2.38. The first-order valence-electron chi connectivity index (χ1n) is 7.49. The summed E-state index contributed by atoms with van der Waals surface area (Å²) in [5.41, 5.74) is 1.28. The minimum atomic E-state index is -0.322. The molecule has 1 unspecified atom stereocenters. The van der Waals surface area contributed by atoms with Crippen LogP contribution >= 0.6 is 39.3 Å². The summed E-state index contributed by atoms with van der Waals surface area (Å²) < 4.78 is 2.39. The van der Waals surface area contributed by atoms with Crippen LogP contribution in [0, 0.1) is 11.3 Å². The maximum Gasteiger partial charge on any atom is 0.262 e. The molecule has 1 atom stereocenters. The summed E-state index contributed by atoms with van der Waals surface area (Å²) in [5, 5.41) is 10.4. The Bertz CT molecular complexity index is 1040. The highest BCUT2D eigenvalue weighted by atomic mass is 79.9. The molecule has 0 saturated carbocycles. The van der Waals surface area contributed by atoms with E-state index in [-0.39, 0.29) is 10.8 Å². The van der Waals surface area contributed by atoms with Crippen molar-refractivity contribution in [3.05, 3.63) is 67.9 Å². The topological polar surface area (TPSA) is 58.7 Å². The zero-order chi connectivity index (χ0) is 18.0. The van der Waals surface area contributed by atoms with Crippen LogP contribution in [0.4, 0.5) is 0 Å². The molecule has 0 aliphatic carbocycles. The van der Waals surface area contributed by atoms with Crippen LogP contribution in [0.3, 0.4) is 0 Å². The second-order valence-corrected chi connectivity index (χ2v) is 8.06. The molecule has 0 saturated heterocycles. The first kappa shape index (κ1) is 18.0. The highest BCUT2D eigenvalue weighted by Crippen LogP contribution is 2.25. The molecule has 0 amide bonds. The molecule has 0 fully saturated rings. The predicted molar refractivity (Wildman–Crippen MR) is 105 cm³/mol. The van der Waals surface area contributed by atoms with Gasteiger partial charge in [-0.25, -0.2) is 4.98 Å². The van der Waals surface area contributed by atoms with E-state index in [0.29, 0.717) is 27.6 Å². The number of hydrogen-bond donors (Lipinski definition) is 0. The van der Waals surface area contributed by atoms with Gasteiger partial charge in [0, 0.05) is 9.50 Å². The van der Waals surface area contributed by atoms with E-state index in [9.17, 15) is 4.79 Å². The maximum absolute atomic E-state index is 13.0. The Kier molecular flexibility index (Phi) is 5.48. The maximum atomic E-state index is 13.0. The Balaban J connectivity index is 2.21. The molecular formula is C18H13BrClN3OS. The second-order valence-electron chi connectivity index (χ2n) is 5.43. The lowest BCUT2D eigenvalue weighted by Gasteiger charge is -2.14. The van der Waals surface area contributed by atoms with Gasteiger partial charge in [0.25, 0.3) is 5.56 Å². The Morgan fingerprint density at radius 3 is 2.84 bits per heavy atom. The van der Waals surface area contributed by atoms with Crippen molar-refractivity contribution in [1.29, 1.82) is 5.26 Å². The predicted octanol–water partition coefficient (Wildman–Crippen LogP) is 4.86. The van der Waals surface area contributed by atoms with Crippen LogP contribution in [0.25, 0.3) is 10.9 Å². The number of thioether (sulfide) groups is 1. The Morgan fingerprint density at radius 1 is 1.36 bits per heavy atom. The monoisotopic (exact) mass is 433 g/mol. The van der Waals surface area contributed by atoms with Gasteiger partial charge in [-0.05, 0) is 36.8 Å². The molecule has 126 valence electrons. The van der Waals surface area contributed by atoms with Crippen LogP contribution in [0.2, 0.25) is 5.02 Å². The fourth-order valence-corrected chi connectivity index (χ4v) is 3.73. The van der Waals surface area contributed by atoms with Crippen molar-refractivity contribution in [2.75, 3.05) is 0 Å². The molecule has 3 rings (SSSR count). The summed E-state index contributed by atoms with van der Waals surface area (Å²) in [5.74, 6) is 0. The Morgan fingerprint density at radius 2 is 2.12 bits per heavy atom. The first-order chi connectivity index (χ1) is 12.0. The van der Waals surface area contributed by atoms with Gasteiger partial charge in [-0.3, -0.25) is 9.36 Å². The molecule has 0 N–H and O–H groups in total. The van der Waals surface area contributed by atoms with Crippen molar-refractivity contribution >= 4 is 50.2 Å².